The molecule has 37 heavy (non-hydrogen) atoms. The fourth-order valence-corrected chi connectivity index (χ4v) is 4.30. The van der Waals surface area contributed by atoms with Crippen molar-refractivity contribution in [2.24, 2.45) is 0 Å². The van der Waals surface area contributed by atoms with Crippen LogP contribution in [0.2, 0.25) is 0 Å². The standard InChI is InChI=1S/C30H31N3O4/c1-19(34)23-12-15-26-25(17-23)28(30(36)32-26)29(31-24-13-7-21(8-14-24)18-33(2)3)22-10-5-20(6-11-22)9-16-27(35)37-4/h5-8,10-15,17,31H,9,16,18H2,1-4H3,(H,32,36)/b29-28-. The Bertz CT molecular complexity index is 1360. The molecule has 4 rings (SSSR count). The smallest absolute Gasteiger partial charge is 0.305 e. The van der Waals surface area contributed by atoms with E-state index in [2.05, 4.69) is 27.7 Å². The van der Waals surface area contributed by atoms with E-state index in [-0.39, 0.29) is 17.7 Å². The number of methoxy groups -OCH3 is 1. The number of carbonyl (C=O) groups is 3. The average molecular weight is 498 g/mol. The number of nitrogens with one attached hydrogen (secondary N) is 2. The molecular formula is C30H31N3O4. The second-order valence-corrected chi connectivity index (χ2v) is 9.35. The number of fused-ring (bicyclic) bond motifs is 1. The number of benzene rings is 3. The average Bonchev–Trinajstić information content (AvgIpc) is 3.21. The van der Waals surface area contributed by atoms with Gasteiger partial charge in [-0.3, -0.25) is 14.4 Å². The first-order valence-corrected chi connectivity index (χ1v) is 12.1. The van der Waals surface area contributed by atoms with E-state index in [0.29, 0.717) is 40.9 Å². The lowest BCUT2D eigenvalue weighted by atomic mass is 9.96. The van der Waals surface area contributed by atoms with Crippen molar-refractivity contribution in [3.05, 3.63) is 94.5 Å². The quantitative estimate of drug-likeness (QED) is 0.246. The van der Waals surface area contributed by atoms with Crippen LogP contribution in [0.1, 0.15) is 46.0 Å². The molecule has 1 aliphatic rings. The van der Waals surface area contributed by atoms with Gasteiger partial charge < -0.3 is 20.3 Å². The van der Waals surface area contributed by atoms with Gasteiger partial charge in [-0.1, -0.05) is 36.4 Å². The van der Waals surface area contributed by atoms with Gasteiger partial charge in [0.1, 0.15) is 0 Å². The molecule has 3 aromatic carbocycles. The van der Waals surface area contributed by atoms with Gasteiger partial charge in [0.15, 0.2) is 5.78 Å². The topological polar surface area (TPSA) is 87.7 Å². The SMILES string of the molecule is COC(=O)CCc1ccc(/C(Nc2ccc(CN(C)C)cc2)=C2/C(=O)Nc3ccc(C(C)=O)cc32)cc1. The Balaban J connectivity index is 1.76. The second kappa shape index (κ2) is 11.2. The minimum Gasteiger partial charge on any atom is -0.469 e. The number of esters is 1. The molecule has 0 unspecified atom stereocenters. The van der Waals surface area contributed by atoms with Crippen LogP contribution in [0.15, 0.2) is 66.7 Å². The molecule has 0 radical (unpaired) electrons. The lowest BCUT2D eigenvalue weighted by Gasteiger charge is -2.16. The molecule has 0 bridgehead atoms. The van der Waals surface area contributed by atoms with Gasteiger partial charge in [0.2, 0.25) is 0 Å². The summed E-state index contributed by atoms with van der Waals surface area (Å²) in [7, 11) is 5.43. The van der Waals surface area contributed by atoms with E-state index in [0.717, 1.165) is 23.4 Å². The minimum absolute atomic E-state index is 0.0672. The summed E-state index contributed by atoms with van der Waals surface area (Å²) in [5, 5.41) is 6.39. The van der Waals surface area contributed by atoms with Crippen LogP contribution in [0.4, 0.5) is 11.4 Å². The van der Waals surface area contributed by atoms with Gasteiger partial charge >= 0.3 is 5.97 Å². The monoisotopic (exact) mass is 497 g/mol. The maximum Gasteiger partial charge on any atom is 0.305 e. The molecule has 0 saturated heterocycles. The lowest BCUT2D eigenvalue weighted by Crippen LogP contribution is -2.11. The van der Waals surface area contributed by atoms with Crippen LogP contribution in [-0.4, -0.2) is 43.8 Å². The lowest BCUT2D eigenvalue weighted by molar-refractivity contribution is -0.140. The van der Waals surface area contributed by atoms with E-state index in [1.165, 1.54) is 19.6 Å². The summed E-state index contributed by atoms with van der Waals surface area (Å²) in [5.74, 6) is -0.564. The number of amides is 1. The molecule has 0 atom stereocenters. The Hall–Kier alpha value is -4.23. The molecule has 7 nitrogen and oxygen atoms in total. The molecule has 3 aromatic rings. The summed E-state index contributed by atoms with van der Waals surface area (Å²) in [5.41, 5.74) is 6.80. The Morgan fingerprint density at radius 3 is 2.19 bits per heavy atom. The number of ketones is 1. The first-order valence-electron chi connectivity index (χ1n) is 12.1. The van der Waals surface area contributed by atoms with Crippen LogP contribution in [0.5, 0.6) is 0 Å². The van der Waals surface area contributed by atoms with E-state index in [9.17, 15) is 14.4 Å². The summed E-state index contributed by atoms with van der Waals surface area (Å²) in [6.45, 7) is 2.33. The van der Waals surface area contributed by atoms with E-state index >= 15 is 0 Å². The number of anilines is 2. The molecule has 1 amide bonds. The Kier molecular flexibility index (Phi) is 7.84. The van der Waals surface area contributed by atoms with Gasteiger partial charge in [-0.05, 0) is 74.5 Å². The second-order valence-electron chi connectivity index (χ2n) is 9.35. The first-order chi connectivity index (χ1) is 17.7. The van der Waals surface area contributed by atoms with Crippen LogP contribution in [-0.2, 0) is 27.3 Å². The zero-order valence-electron chi connectivity index (χ0n) is 21.6. The molecular weight excluding hydrogens is 466 g/mol. The minimum atomic E-state index is -0.258. The number of rotatable bonds is 9. The van der Waals surface area contributed by atoms with Crippen molar-refractivity contribution in [3.8, 4) is 0 Å². The molecule has 0 aliphatic carbocycles. The predicted molar refractivity (Wildman–Crippen MR) is 146 cm³/mol. The van der Waals surface area contributed by atoms with E-state index in [1.807, 2.05) is 50.5 Å². The van der Waals surface area contributed by atoms with Gasteiger partial charge in [-0.15, -0.1) is 0 Å². The summed E-state index contributed by atoms with van der Waals surface area (Å²) in [6, 6.07) is 21.1. The summed E-state index contributed by atoms with van der Waals surface area (Å²) >= 11 is 0. The third-order valence-electron chi connectivity index (χ3n) is 6.23. The number of hydrogen-bond donors (Lipinski definition) is 2. The third-order valence-corrected chi connectivity index (χ3v) is 6.23. The van der Waals surface area contributed by atoms with Gasteiger partial charge in [-0.25, -0.2) is 0 Å². The Morgan fingerprint density at radius 1 is 0.919 bits per heavy atom. The zero-order valence-corrected chi connectivity index (χ0v) is 21.6. The highest BCUT2D eigenvalue weighted by Gasteiger charge is 2.29. The highest BCUT2D eigenvalue weighted by molar-refractivity contribution is 6.37. The molecule has 0 aromatic heterocycles. The number of nitrogens with zero attached hydrogens (tertiary/aromatic N) is 1. The van der Waals surface area contributed by atoms with Crippen molar-refractivity contribution in [1.29, 1.82) is 0 Å². The van der Waals surface area contributed by atoms with Crippen molar-refractivity contribution >= 4 is 40.3 Å². The summed E-state index contributed by atoms with van der Waals surface area (Å²) in [6.07, 6.45) is 0.857. The normalized spacial score (nSPS) is 13.7. The third kappa shape index (κ3) is 6.13. The Labute approximate surface area is 217 Å². The van der Waals surface area contributed by atoms with Gasteiger partial charge in [-0.2, -0.15) is 0 Å². The molecule has 0 saturated carbocycles. The number of carbonyl (C=O) groups excluding carboxylic acids is 3. The largest absolute Gasteiger partial charge is 0.469 e. The summed E-state index contributed by atoms with van der Waals surface area (Å²) < 4.78 is 4.74. The number of hydrogen-bond acceptors (Lipinski definition) is 6. The maximum absolute atomic E-state index is 13.2. The van der Waals surface area contributed by atoms with Crippen molar-refractivity contribution in [2.75, 3.05) is 31.8 Å². The number of ether oxygens (including phenoxy) is 1. The fourth-order valence-electron chi connectivity index (χ4n) is 4.30. The number of Topliss-reactive ketones (excluding diaryl/α,β-unsaturated/α-hetero) is 1. The summed E-state index contributed by atoms with van der Waals surface area (Å²) in [4.78, 5) is 38.9. The van der Waals surface area contributed by atoms with E-state index < -0.39 is 0 Å². The maximum atomic E-state index is 13.2. The van der Waals surface area contributed by atoms with Crippen molar-refractivity contribution in [2.45, 2.75) is 26.3 Å². The van der Waals surface area contributed by atoms with Crippen LogP contribution >= 0.6 is 0 Å². The van der Waals surface area contributed by atoms with Crippen molar-refractivity contribution in [1.82, 2.24) is 4.90 Å². The molecule has 190 valence electrons. The molecule has 2 N–H and O–H groups in total. The zero-order chi connectivity index (χ0) is 26.5. The van der Waals surface area contributed by atoms with Gasteiger partial charge in [0.05, 0.1) is 18.4 Å². The van der Waals surface area contributed by atoms with Gasteiger partial charge in [0.25, 0.3) is 5.91 Å². The molecule has 1 aliphatic heterocycles. The van der Waals surface area contributed by atoms with Crippen LogP contribution in [0, 0.1) is 0 Å². The fraction of sp³-hybridized carbons (Fsp3) is 0.233. The van der Waals surface area contributed by atoms with Crippen molar-refractivity contribution < 1.29 is 19.1 Å². The predicted octanol–water partition coefficient (Wildman–Crippen LogP) is 4.99. The number of aryl methyl sites for hydroxylation is 1. The molecule has 0 spiro atoms. The highest BCUT2D eigenvalue weighted by atomic mass is 16.5. The molecule has 1 heterocycles. The van der Waals surface area contributed by atoms with E-state index in [4.69, 9.17) is 4.74 Å². The van der Waals surface area contributed by atoms with E-state index in [1.54, 1.807) is 18.2 Å². The van der Waals surface area contributed by atoms with Crippen LogP contribution < -0.4 is 10.6 Å². The van der Waals surface area contributed by atoms with Crippen LogP contribution in [0.25, 0.3) is 11.3 Å². The molecule has 0 fully saturated rings. The van der Waals surface area contributed by atoms with Crippen LogP contribution in [0.3, 0.4) is 0 Å². The van der Waals surface area contributed by atoms with Gasteiger partial charge in [0, 0.05) is 35.5 Å². The van der Waals surface area contributed by atoms with Crippen molar-refractivity contribution in [3.63, 3.8) is 0 Å². The highest BCUT2D eigenvalue weighted by Crippen LogP contribution is 2.38. The first kappa shape index (κ1) is 25.9. The Morgan fingerprint density at radius 2 is 1.57 bits per heavy atom. The molecule has 7 heteroatoms.